The Bertz CT molecular complexity index is 959. The number of hydrogen-bond acceptors (Lipinski definition) is 7. The zero-order valence-corrected chi connectivity index (χ0v) is 14.5. The van der Waals surface area contributed by atoms with Crippen LogP contribution in [0.25, 0.3) is 11.2 Å². The van der Waals surface area contributed by atoms with Crippen molar-refractivity contribution < 1.29 is 23.0 Å². The van der Waals surface area contributed by atoms with E-state index in [0.717, 1.165) is 12.8 Å². The van der Waals surface area contributed by atoms with Crippen LogP contribution in [0.3, 0.4) is 0 Å². The van der Waals surface area contributed by atoms with Gasteiger partial charge < -0.3 is 24.5 Å². The molecule has 0 bridgehead atoms. The van der Waals surface area contributed by atoms with Crippen LogP contribution in [0.2, 0.25) is 0 Å². The number of fused-ring (bicyclic) bond motifs is 1. The number of anilines is 1. The Balaban J connectivity index is 1.65. The fourth-order valence-corrected chi connectivity index (χ4v) is 2.85. The summed E-state index contributed by atoms with van der Waals surface area (Å²) in [7, 11) is 1.25. The molecule has 0 amide bonds. The molecular weight excluding hydrogens is 360 g/mol. The molecule has 0 radical (unpaired) electrons. The standard InChI is InChI=1S/C17H17F2N5O3/c1-25-10-2-3-11(13(19)12(10)18)27-17-23-15-14(20-8-21-15)16(24-17)22-9-4-6-26-7-5-9/h2-3,8-9H,4-7H2,1H3,(H2,20,21,22,23,24). The van der Waals surface area contributed by atoms with Crippen LogP contribution < -0.4 is 14.8 Å². The Morgan fingerprint density at radius 1 is 1.15 bits per heavy atom. The molecule has 2 N–H and O–H groups in total. The SMILES string of the molecule is COc1ccc(Oc2nc(NC3CCOCC3)c3[nH]cnc3n2)c(F)c1F. The highest BCUT2D eigenvalue weighted by molar-refractivity contribution is 5.82. The average Bonchev–Trinajstić information content (AvgIpc) is 3.15. The summed E-state index contributed by atoms with van der Waals surface area (Å²) >= 11 is 0. The lowest BCUT2D eigenvalue weighted by Gasteiger charge is -2.23. The van der Waals surface area contributed by atoms with E-state index >= 15 is 0 Å². The first-order chi connectivity index (χ1) is 13.2. The van der Waals surface area contributed by atoms with E-state index in [9.17, 15) is 8.78 Å². The molecule has 8 nitrogen and oxygen atoms in total. The minimum atomic E-state index is -1.18. The molecule has 0 saturated carbocycles. The van der Waals surface area contributed by atoms with E-state index in [4.69, 9.17) is 14.2 Å². The lowest BCUT2D eigenvalue weighted by Crippen LogP contribution is -2.28. The predicted octanol–water partition coefficient (Wildman–Crippen LogP) is 3.02. The van der Waals surface area contributed by atoms with Crippen LogP contribution in [0.4, 0.5) is 14.6 Å². The molecule has 1 fully saturated rings. The Kier molecular flexibility index (Phi) is 4.71. The monoisotopic (exact) mass is 377 g/mol. The largest absolute Gasteiger partial charge is 0.494 e. The zero-order chi connectivity index (χ0) is 18.8. The van der Waals surface area contributed by atoms with Crippen molar-refractivity contribution in [3.8, 4) is 17.5 Å². The number of halogens is 2. The number of nitrogens with zero attached hydrogens (tertiary/aromatic N) is 3. The van der Waals surface area contributed by atoms with E-state index in [1.165, 1.54) is 25.6 Å². The number of hydrogen-bond donors (Lipinski definition) is 2. The fraction of sp³-hybridized carbons (Fsp3) is 0.353. The van der Waals surface area contributed by atoms with Crippen LogP contribution >= 0.6 is 0 Å². The highest BCUT2D eigenvalue weighted by atomic mass is 19.2. The smallest absolute Gasteiger partial charge is 0.326 e. The third kappa shape index (κ3) is 3.47. The summed E-state index contributed by atoms with van der Waals surface area (Å²) in [6.07, 6.45) is 3.13. The fourth-order valence-electron chi connectivity index (χ4n) is 2.85. The van der Waals surface area contributed by atoms with Crippen molar-refractivity contribution in [2.75, 3.05) is 25.6 Å². The van der Waals surface area contributed by atoms with Crippen molar-refractivity contribution in [1.29, 1.82) is 0 Å². The van der Waals surface area contributed by atoms with E-state index in [-0.39, 0.29) is 23.6 Å². The van der Waals surface area contributed by atoms with Crippen LogP contribution in [0.15, 0.2) is 18.5 Å². The van der Waals surface area contributed by atoms with Gasteiger partial charge in [0.15, 0.2) is 23.0 Å². The third-order valence-corrected chi connectivity index (χ3v) is 4.26. The van der Waals surface area contributed by atoms with Gasteiger partial charge >= 0.3 is 6.01 Å². The number of methoxy groups -OCH3 is 1. The molecule has 142 valence electrons. The maximum absolute atomic E-state index is 14.2. The Morgan fingerprint density at radius 2 is 1.89 bits per heavy atom. The maximum Gasteiger partial charge on any atom is 0.326 e. The number of aromatic nitrogens is 4. The second kappa shape index (κ2) is 7.31. The summed E-state index contributed by atoms with van der Waals surface area (Å²) < 4.78 is 43.6. The Hall–Kier alpha value is -3.01. The molecule has 10 heteroatoms. The van der Waals surface area contributed by atoms with Crippen molar-refractivity contribution in [2.24, 2.45) is 0 Å². The van der Waals surface area contributed by atoms with Crippen molar-refractivity contribution in [3.63, 3.8) is 0 Å². The van der Waals surface area contributed by atoms with Crippen LogP contribution in [-0.4, -0.2) is 46.3 Å². The molecule has 3 aromatic rings. The first-order valence-corrected chi connectivity index (χ1v) is 8.41. The van der Waals surface area contributed by atoms with Crippen LogP contribution in [0.5, 0.6) is 17.5 Å². The van der Waals surface area contributed by atoms with Gasteiger partial charge in [0, 0.05) is 19.3 Å². The quantitative estimate of drug-likeness (QED) is 0.706. The summed E-state index contributed by atoms with van der Waals surface area (Å²) in [5.41, 5.74) is 0.958. The van der Waals surface area contributed by atoms with E-state index < -0.39 is 11.6 Å². The van der Waals surface area contributed by atoms with Gasteiger partial charge in [-0.25, -0.2) is 4.98 Å². The number of aromatic amines is 1. The molecule has 1 aromatic carbocycles. The number of benzene rings is 1. The van der Waals surface area contributed by atoms with Gasteiger partial charge in [0.1, 0.15) is 5.52 Å². The lowest BCUT2D eigenvalue weighted by atomic mass is 10.1. The van der Waals surface area contributed by atoms with Crippen molar-refractivity contribution in [1.82, 2.24) is 19.9 Å². The number of nitrogens with one attached hydrogen (secondary N) is 2. The van der Waals surface area contributed by atoms with Gasteiger partial charge in [0.05, 0.1) is 13.4 Å². The van der Waals surface area contributed by atoms with Gasteiger partial charge in [-0.05, 0) is 25.0 Å². The first-order valence-electron chi connectivity index (χ1n) is 8.41. The molecule has 1 aliphatic heterocycles. The van der Waals surface area contributed by atoms with Crippen LogP contribution in [-0.2, 0) is 4.74 Å². The first kappa shape index (κ1) is 17.4. The molecule has 2 aromatic heterocycles. The highest BCUT2D eigenvalue weighted by Crippen LogP contribution is 2.31. The number of imidazole rings is 1. The van der Waals surface area contributed by atoms with Gasteiger partial charge in [-0.3, -0.25) is 0 Å². The van der Waals surface area contributed by atoms with Crippen molar-refractivity contribution >= 4 is 17.0 Å². The van der Waals surface area contributed by atoms with Crippen molar-refractivity contribution in [2.45, 2.75) is 18.9 Å². The Labute approximate surface area is 152 Å². The summed E-state index contributed by atoms with van der Waals surface area (Å²) in [5.74, 6) is -2.41. The minimum Gasteiger partial charge on any atom is -0.494 e. The zero-order valence-electron chi connectivity index (χ0n) is 14.5. The van der Waals surface area contributed by atoms with Gasteiger partial charge in [0.25, 0.3) is 0 Å². The molecular formula is C17H17F2N5O3. The predicted molar refractivity (Wildman–Crippen MR) is 92.1 cm³/mol. The van der Waals surface area contributed by atoms with Gasteiger partial charge in [-0.15, -0.1) is 0 Å². The second-order valence-corrected chi connectivity index (χ2v) is 5.98. The van der Waals surface area contributed by atoms with Crippen molar-refractivity contribution in [3.05, 3.63) is 30.1 Å². The van der Waals surface area contributed by atoms with Gasteiger partial charge in [-0.1, -0.05) is 0 Å². The lowest BCUT2D eigenvalue weighted by molar-refractivity contribution is 0.0904. The molecule has 0 spiro atoms. The highest BCUT2D eigenvalue weighted by Gasteiger charge is 2.20. The topological polar surface area (TPSA) is 94.2 Å². The molecule has 0 aliphatic carbocycles. The van der Waals surface area contributed by atoms with Crippen LogP contribution in [0.1, 0.15) is 12.8 Å². The summed E-state index contributed by atoms with van der Waals surface area (Å²) in [4.78, 5) is 15.5. The molecule has 0 atom stereocenters. The van der Waals surface area contributed by atoms with E-state index in [2.05, 4.69) is 25.3 Å². The molecule has 3 heterocycles. The van der Waals surface area contributed by atoms with Gasteiger partial charge in [0.2, 0.25) is 11.6 Å². The van der Waals surface area contributed by atoms with E-state index in [0.29, 0.717) is 30.2 Å². The Morgan fingerprint density at radius 3 is 2.67 bits per heavy atom. The molecule has 4 rings (SSSR count). The van der Waals surface area contributed by atoms with Crippen LogP contribution in [0, 0.1) is 11.6 Å². The number of ether oxygens (including phenoxy) is 3. The molecule has 1 aliphatic rings. The minimum absolute atomic E-state index is 0.146. The third-order valence-electron chi connectivity index (χ3n) is 4.26. The summed E-state index contributed by atoms with van der Waals surface area (Å²) in [6.45, 7) is 1.32. The van der Waals surface area contributed by atoms with E-state index in [1.54, 1.807) is 0 Å². The summed E-state index contributed by atoms with van der Waals surface area (Å²) in [6, 6.07) is 2.54. The second-order valence-electron chi connectivity index (χ2n) is 5.98. The molecule has 0 unspecified atom stereocenters. The average molecular weight is 377 g/mol. The molecule has 27 heavy (non-hydrogen) atoms. The van der Waals surface area contributed by atoms with Gasteiger partial charge in [-0.2, -0.15) is 18.7 Å². The maximum atomic E-state index is 14.2. The normalized spacial score (nSPS) is 15.1. The molecule has 1 saturated heterocycles. The number of rotatable bonds is 5. The summed E-state index contributed by atoms with van der Waals surface area (Å²) in [5, 5.41) is 3.31. The van der Waals surface area contributed by atoms with E-state index in [1.807, 2.05) is 0 Å². The number of H-pyrrole nitrogens is 1.